The van der Waals surface area contributed by atoms with E-state index in [-0.39, 0.29) is 36.5 Å². The lowest BCUT2D eigenvalue weighted by molar-refractivity contribution is 0.201. The standard InChI is InChI=1S/C15H22N2O3S/c1-12-4-3-5-14(10-12)13(2)11-16-15(18)17-6-8-21(19,20)9-7-17/h3-5,10,13H,6-9,11H2,1-2H3,(H,16,18). The first-order valence-corrected chi connectivity index (χ1v) is 8.99. The number of nitrogens with zero attached hydrogens (tertiary/aromatic N) is 1. The molecular weight excluding hydrogens is 288 g/mol. The maximum absolute atomic E-state index is 12.0. The molecule has 0 saturated carbocycles. The molecule has 1 saturated heterocycles. The third-order valence-corrected chi connectivity index (χ3v) is 5.41. The largest absolute Gasteiger partial charge is 0.337 e. The number of benzene rings is 1. The van der Waals surface area contributed by atoms with E-state index in [2.05, 4.69) is 24.4 Å². The van der Waals surface area contributed by atoms with Crippen molar-refractivity contribution in [1.82, 2.24) is 10.2 Å². The van der Waals surface area contributed by atoms with Crippen LogP contribution in [0.5, 0.6) is 0 Å². The summed E-state index contributed by atoms with van der Waals surface area (Å²) >= 11 is 0. The first-order chi connectivity index (χ1) is 9.87. The maximum Gasteiger partial charge on any atom is 0.317 e. The smallest absolute Gasteiger partial charge is 0.317 e. The maximum atomic E-state index is 12.0. The molecule has 1 aliphatic heterocycles. The zero-order chi connectivity index (χ0) is 15.5. The second-order valence-electron chi connectivity index (χ2n) is 5.64. The van der Waals surface area contributed by atoms with Gasteiger partial charge < -0.3 is 10.2 Å². The van der Waals surface area contributed by atoms with Crippen LogP contribution < -0.4 is 5.32 Å². The highest BCUT2D eigenvalue weighted by molar-refractivity contribution is 7.91. The van der Waals surface area contributed by atoms with Gasteiger partial charge in [-0.25, -0.2) is 13.2 Å². The predicted molar refractivity (Wildman–Crippen MR) is 83.2 cm³/mol. The molecule has 6 heteroatoms. The molecule has 1 fully saturated rings. The van der Waals surface area contributed by atoms with Crippen molar-refractivity contribution in [1.29, 1.82) is 0 Å². The molecule has 0 aromatic heterocycles. The number of hydrogen-bond donors (Lipinski definition) is 1. The number of carbonyl (C=O) groups is 1. The Morgan fingerprint density at radius 2 is 2.00 bits per heavy atom. The van der Waals surface area contributed by atoms with Gasteiger partial charge in [-0.2, -0.15) is 0 Å². The van der Waals surface area contributed by atoms with Crippen molar-refractivity contribution in [2.45, 2.75) is 19.8 Å². The van der Waals surface area contributed by atoms with Crippen LogP contribution in [0, 0.1) is 6.92 Å². The molecule has 21 heavy (non-hydrogen) atoms. The first-order valence-electron chi connectivity index (χ1n) is 7.17. The molecule has 0 radical (unpaired) electrons. The summed E-state index contributed by atoms with van der Waals surface area (Å²) in [6.45, 7) is 5.23. The van der Waals surface area contributed by atoms with E-state index in [1.54, 1.807) is 4.90 Å². The van der Waals surface area contributed by atoms with E-state index >= 15 is 0 Å². The topological polar surface area (TPSA) is 66.5 Å². The van der Waals surface area contributed by atoms with E-state index in [1.807, 2.05) is 19.1 Å². The summed E-state index contributed by atoms with van der Waals surface area (Å²) in [4.78, 5) is 13.6. The summed E-state index contributed by atoms with van der Waals surface area (Å²) in [6, 6.07) is 8.05. The van der Waals surface area contributed by atoms with Gasteiger partial charge in [0.2, 0.25) is 0 Å². The van der Waals surface area contributed by atoms with Crippen LogP contribution in [0.1, 0.15) is 24.0 Å². The zero-order valence-electron chi connectivity index (χ0n) is 12.5. The molecule has 2 rings (SSSR count). The highest BCUT2D eigenvalue weighted by Crippen LogP contribution is 2.15. The van der Waals surface area contributed by atoms with E-state index < -0.39 is 9.84 Å². The Morgan fingerprint density at radius 3 is 2.62 bits per heavy atom. The third-order valence-electron chi connectivity index (χ3n) is 3.80. The highest BCUT2D eigenvalue weighted by Gasteiger charge is 2.24. The van der Waals surface area contributed by atoms with Crippen LogP contribution in [0.2, 0.25) is 0 Å². The molecule has 1 heterocycles. The summed E-state index contributed by atoms with van der Waals surface area (Å²) in [6.07, 6.45) is 0. The molecule has 1 aromatic carbocycles. The van der Waals surface area contributed by atoms with Gasteiger partial charge in [0.1, 0.15) is 0 Å². The minimum atomic E-state index is -2.95. The zero-order valence-corrected chi connectivity index (χ0v) is 13.3. The average molecular weight is 310 g/mol. The van der Waals surface area contributed by atoms with Gasteiger partial charge in [-0.15, -0.1) is 0 Å². The Morgan fingerprint density at radius 1 is 1.33 bits per heavy atom. The van der Waals surface area contributed by atoms with Crippen LogP contribution in [0.25, 0.3) is 0 Å². The van der Waals surface area contributed by atoms with Crippen molar-refractivity contribution in [3.63, 3.8) is 0 Å². The molecule has 5 nitrogen and oxygen atoms in total. The molecular formula is C15H22N2O3S. The molecule has 1 aliphatic rings. The Kier molecular flexibility index (Phi) is 4.88. The Balaban J connectivity index is 1.84. The summed E-state index contributed by atoms with van der Waals surface area (Å²) in [5.41, 5.74) is 2.39. The molecule has 0 aliphatic carbocycles. The molecule has 1 atom stereocenters. The van der Waals surface area contributed by atoms with Gasteiger partial charge in [-0.05, 0) is 18.4 Å². The average Bonchev–Trinajstić information content (AvgIpc) is 2.44. The van der Waals surface area contributed by atoms with Gasteiger partial charge in [-0.1, -0.05) is 36.8 Å². The molecule has 1 unspecified atom stereocenters. The molecule has 116 valence electrons. The van der Waals surface area contributed by atoms with Gasteiger partial charge in [0, 0.05) is 19.6 Å². The predicted octanol–water partition coefficient (Wildman–Crippen LogP) is 1.54. The second kappa shape index (κ2) is 6.47. The fourth-order valence-electron chi connectivity index (χ4n) is 2.36. The Labute approximate surface area is 126 Å². The third kappa shape index (κ3) is 4.46. The number of carbonyl (C=O) groups excluding carboxylic acids is 1. The van der Waals surface area contributed by atoms with Gasteiger partial charge in [0.25, 0.3) is 0 Å². The van der Waals surface area contributed by atoms with Gasteiger partial charge in [-0.3, -0.25) is 0 Å². The number of urea groups is 1. The van der Waals surface area contributed by atoms with Crippen LogP contribution in [0.15, 0.2) is 24.3 Å². The van der Waals surface area contributed by atoms with Crippen molar-refractivity contribution in [2.75, 3.05) is 31.1 Å². The van der Waals surface area contributed by atoms with E-state index in [4.69, 9.17) is 0 Å². The van der Waals surface area contributed by atoms with E-state index in [0.29, 0.717) is 6.54 Å². The molecule has 0 spiro atoms. The summed E-state index contributed by atoms with van der Waals surface area (Å²) in [5, 5.41) is 2.89. The lowest BCUT2D eigenvalue weighted by atomic mass is 9.99. The Hall–Kier alpha value is -1.56. The van der Waals surface area contributed by atoms with Gasteiger partial charge in [0.15, 0.2) is 9.84 Å². The minimum Gasteiger partial charge on any atom is -0.337 e. The number of aryl methyl sites for hydroxylation is 1. The van der Waals surface area contributed by atoms with Crippen molar-refractivity contribution in [3.05, 3.63) is 35.4 Å². The lowest BCUT2D eigenvalue weighted by Gasteiger charge is -2.27. The molecule has 2 amide bonds. The second-order valence-corrected chi connectivity index (χ2v) is 7.94. The summed E-state index contributed by atoms with van der Waals surface area (Å²) in [7, 11) is -2.95. The first kappa shape index (κ1) is 15.8. The number of hydrogen-bond acceptors (Lipinski definition) is 3. The monoisotopic (exact) mass is 310 g/mol. The van der Waals surface area contributed by atoms with Gasteiger partial charge in [0.05, 0.1) is 11.5 Å². The van der Waals surface area contributed by atoms with Crippen LogP contribution in [0.3, 0.4) is 0 Å². The van der Waals surface area contributed by atoms with Crippen LogP contribution in [0.4, 0.5) is 4.79 Å². The summed E-state index contributed by atoms with van der Waals surface area (Å²) in [5.74, 6) is 0.351. The number of sulfone groups is 1. The fourth-order valence-corrected chi connectivity index (χ4v) is 3.56. The van der Waals surface area contributed by atoms with E-state index in [9.17, 15) is 13.2 Å². The number of amides is 2. The SMILES string of the molecule is Cc1cccc(C(C)CNC(=O)N2CCS(=O)(=O)CC2)c1. The van der Waals surface area contributed by atoms with E-state index in [1.165, 1.54) is 11.1 Å². The van der Waals surface area contributed by atoms with Crippen LogP contribution >= 0.6 is 0 Å². The van der Waals surface area contributed by atoms with Crippen LogP contribution in [-0.4, -0.2) is 50.5 Å². The molecule has 1 N–H and O–H groups in total. The van der Waals surface area contributed by atoms with Gasteiger partial charge >= 0.3 is 6.03 Å². The van der Waals surface area contributed by atoms with E-state index in [0.717, 1.165) is 0 Å². The lowest BCUT2D eigenvalue weighted by Crippen LogP contribution is -2.48. The quantitative estimate of drug-likeness (QED) is 0.921. The summed E-state index contributed by atoms with van der Waals surface area (Å²) < 4.78 is 22.7. The number of rotatable bonds is 3. The highest BCUT2D eigenvalue weighted by atomic mass is 32.2. The van der Waals surface area contributed by atoms with Crippen molar-refractivity contribution in [3.8, 4) is 0 Å². The normalized spacial score (nSPS) is 19.0. The Bertz CT molecular complexity index is 599. The van der Waals surface area contributed by atoms with Crippen molar-refractivity contribution in [2.24, 2.45) is 0 Å². The van der Waals surface area contributed by atoms with Crippen LogP contribution in [-0.2, 0) is 9.84 Å². The molecule has 0 bridgehead atoms. The molecule has 1 aromatic rings. The number of nitrogens with one attached hydrogen (secondary N) is 1. The fraction of sp³-hybridized carbons (Fsp3) is 0.533. The van der Waals surface area contributed by atoms with Crippen molar-refractivity contribution >= 4 is 15.9 Å². The minimum absolute atomic E-state index is 0.0633. The van der Waals surface area contributed by atoms with Crippen molar-refractivity contribution < 1.29 is 13.2 Å².